The van der Waals surface area contributed by atoms with Crippen molar-refractivity contribution in [2.75, 3.05) is 40.9 Å². The van der Waals surface area contributed by atoms with E-state index in [0.717, 1.165) is 31.1 Å². The molecule has 0 spiro atoms. The Kier molecular flexibility index (Phi) is 5.88. The molecule has 4 nitrogen and oxygen atoms in total. The summed E-state index contributed by atoms with van der Waals surface area (Å²) in [5, 5.41) is 3.57. The van der Waals surface area contributed by atoms with Gasteiger partial charge in [-0.05, 0) is 63.1 Å². The average Bonchev–Trinajstić information content (AvgIpc) is 2.88. The van der Waals surface area contributed by atoms with Crippen LogP contribution in [0.5, 0.6) is 11.5 Å². The molecule has 21 heavy (non-hydrogen) atoms. The van der Waals surface area contributed by atoms with E-state index in [1.54, 1.807) is 14.2 Å². The Hall–Kier alpha value is -1.26. The highest BCUT2D eigenvalue weighted by Gasteiger charge is 2.33. The van der Waals surface area contributed by atoms with Gasteiger partial charge in [0.2, 0.25) is 0 Å². The van der Waals surface area contributed by atoms with Gasteiger partial charge in [0, 0.05) is 12.1 Å². The molecule has 0 aromatic heterocycles. The number of hydrogen-bond acceptors (Lipinski definition) is 4. The molecule has 2 rings (SSSR count). The quantitative estimate of drug-likeness (QED) is 0.784. The fourth-order valence-electron chi connectivity index (χ4n) is 3.23. The summed E-state index contributed by atoms with van der Waals surface area (Å²) < 4.78 is 10.8. The molecule has 4 heteroatoms. The second-order valence-corrected chi connectivity index (χ2v) is 5.82. The van der Waals surface area contributed by atoms with Gasteiger partial charge in [-0.25, -0.2) is 0 Å². The van der Waals surface area contributed by atoms with Crippen molar-refractivity contribution in [1.29, 1.82) is 0 Å². The molecule has 2 atom stereocenters. The molecule has 1 aliphatic rings. The fourth-order valence-corrected chi connectivity index (χ4v) is 3.23. The molecule has 0 aliphatic carbocycles. The van der Waals surface area contributed by atoms with Crippen molar-refractivity contribution in [3.8, 4) is 11.5 Å². The molecule has 2 unspecified atom stereocenters. The molecule has 118 valence electrons. The van der Waals surface area contributed by atoms with Crippen molar-refractivity contribution in [2.45, 2.75) is 25.8 Å². The number of likely N-dealkylation sites (tertiary alicyclic amines) is 1. The Labute approximate surface area is 128 Å². The first kappa shape index (κ1) is 16.1. The van der Waals surface area contributed by atoms with E-state index in [0.29, 0.717) is 12.0 Å². The number of methoxy groups -OCH3 is 2. The minimum Gasteiger partial charge on any atom is -0.497 e. The van der Waals surface area contributed by atoms with Gasteiger partial charge in [-0.3, -0.25) is 4.90 Å². The summed E-state index contributed by atoms with van der Waals surface area (Å²) >= 11 is 0. The van der Waals surface area contributed by atoms with Gasteiger partial charge in [-0.1, -0.05) is 6.92 Å². The number of nitrogens with zero attached hydrogens (tertiary/aromatic N) is 1. The van der Waals surface area contributed by atoms with Crippen LogP contribution in [0.4, 0.5) is 0 Å². The van der Waals surface area contributed by atoms with Crippen LogP contribution < -0.4 is 14.8 Å². The highest BCUT2D eigenvalue weighted by Crippen LogP contribution is 2.38. The second-order valence-electron chi connectivity index (χ2n) is 5.82. The first-order chi connectivity index (χ1) is 10.2. The van der Waals surface area contributed by atoms with Crippen LogP contribution in [0.25, 0.3) is 0 Å². The number of rotatable bonds is 7. The van der Waals surface area contributed by atoms with E-state index >= 15 is 0 Å². The van der Waals surface area contributed by atoms with Crippen molar-refractivity contribution in [2.24, 2.45) is 5.92 Å². The zero-order valence-electron chi connectivity index (χ0n) is 13.7. The zero-order valence-corrected chi connectivity index (χ0v) is 13.7. The first-order valence-electron chi connectivity index (χ1n) is 7.83. The maximum atomic E-state index is 5.41. The molecular weight excluding hydrogens is 264 g/mol. The molecule has 1 saturated heterocycles. The van der Waals surface area contributed by atoms with Crippen molar-refractivity contribution in [1.82, 2.24) is 10.2 Å². The summed E-state index contributed by atoms with van der Waals surface area (Å²) in [5.41, 5.74) is 1.29. The zero-order chi connectivity index (χ0) is 15.2. The van der Waals surface area contributed by atoms with E-state index in [-0.39, 0.29) is 0 Å². The van der Waals surface area contributed by atoms with Gasteiger partial charge in [-0.2, -0.15) is 0 Å². The summed E-state index contributed by atoms with van der Waals surface area (Å²) in [5.74, 6) is 2.37. The Bertz CT molecular complexity index is 428. The standard InChI is InChI=1S/C17H28N2O2/c1-5-7-18-12-13-6-8-19(2)17(13)14-9-15(20-3)11-16(10-14)21-4/h9-11,13,17-18H,5-8,12H2,1-4H3. The minimum absolute atomic E-state index is 0.429. The summed E-state index contributed by atoms with van der Waals surface area (Å²) in [7, 11) is 5.62. The van der Waals surface area contributed by atoms with E-state index in [9.17, 15) is 0 Å². The summed E-state index contributed by atoms with van der Waals surface area (Å²) in [6, 6.07) is 6.64. The van der Waals surface area contributed by atoms with Gasteiger partial charge >= 0.3 is 0 Å². The van der Waals surface area contributed by atoms with Crippen LogP contribution in [0, 0.1) is 5.92 Å². The third kappa shape index (κ3) is 3.89. The normalized spacial score (nSPS) is 22.5. The molecule has 1 fully saturated rings. The van der Waals surface area contributed by atoms with Crippen LogP contribution in [0.3, 0.4) is 0 Å². The molecule has 1 heterocycles. The largest absolute Gasteiger partial charge is 0.497 e. The monoisotopic (exact) mass is 292 g/mol. The Morgan fingerprint density at radius 3 is 2.43 bits per heavy atom. The van der Waals surface area contributed by atoms with E-state index in [1.165, 1.54) is 18.4 Å². The third-order valence-electron chi connectivity index (χ3n) is 4.32. The molecule has 1 aliphatic heterocycles. The molecule has 1 aromatic carbocycles. The van der Waals surface area contributed by atoms with Gasteiger partial charge in [0.1, 0.15) is 11.5 Å². The van der Waals surface area contributed by atoms with Gasteiger partial charge < -0.3 is 14.8 Å². The van der Waals surface area contributed by atoms with Crippen molar-refractivity contribution in [3.05, 3.63) is 23.8 Å². The number of ether oxygens (including phenoxy) is 2. The van der Waals surface area contributed by atoms with Crippen molar-refractivity contribution < 1.29 is 9.47 Å². The first-order valence-corrected chi connectivity index (χ1v) is 7.83. The van der Waals surface area contributed by atoms with E-state index in [4.69, 9.17) is 9.47 Å². The highest BCUT2D eigenvalue weighted by molar-refractivity contribution is 5.40. The summed E-state index contributed by atoms with van der Waals surface area (Å²) in [4.78, 5) is 2.44. The van der Waals surface area contributed by atoms with Crippen LogP contribution in [0.2, 0.25) is 0 Å². The lowest BCUT2D eigenvalue weighted by molar-refractivity contribution is 0.270. The SMILES string of the molecule is CCCNCC1CCN(C)C1c1cc(OC)cc(OC)c1. The second kappa shape index (κ2) is 7.66. The van der Waals surface area contributed by atoms with Crippen molar-refractivity contribution in [3.63, 3.8) is 0 Å². The summed E-state index contributed by atoms with van der Waals surface area (Å²) in [6.07, 6.45) is 2.41. The van der Waals surface area contributed by atoms with Gasteiger partial charge in [0.15, 0.2) is 0 Å². The van der Waals surface area contributed by atoms with Crippen LogP contribution in [0.1, 0.15) is 31.4 Å². The predicted molar refractivity (Wildman–Crippen MR) is 86.2 cm³/mol. The molecule has 0 amide bonds. The van der Waals surface area contributed by atoms with Crippen LogP contribution in [0.15, 0.2) is 18.2 Å². The molecule has 0 saturated carbocycles. The molecular formula is C17H28N2O2. The maximum absolute atomic E-state index is 5.41. The average molecular weight is 292 g/mol. The van der Waals surface area contributed by atoms with Crippen LogP contribution >= 0.6 is 0 Å². The number of nitrogens with one attached hydrogen (secondary N) is 1. The lowest BCUT2D eigenvalue weighted by atomic mass is 9.93. The minimum atomic E-state index is 0.429. The molecule has 1 aromatic rings. The Morgan fingerprint density at radius 2 is 1.86 bits per heavy atom. The van der Waals surface area contributed by atoms with Crippen LogP contribution in [-0.2, 0) is 0 Å². The van der Waals surface area contributed by atoms with Gasteiger partial charge in [0.25, 0.3) is 0 Å². The fraction of sp³-hybridized carbons (Fsp3) is 0.647. The van der Waals surface area contributed by atoms with E-state index in [2.05, 4.69) is 36.3 Å². The molecule has 1 N–H and O–H groups in total. The summed E-state index contributed by atoms with van der Waals surface area (Å²) in [6.45, 7) is 5.51. The van der Waals surface area contributed by atoms with Gasteiger partial charge in [-0.15, -0.1) is 0 Å². The third-order valence-corrected chi connectivity index (χ3v) is 4.32. The highest BCUT2D eigenvalue weighted by atomic mass is 16.5. The Morgan fingerprint density at radius 1 is 1.19 bits per heavy atom. The number of benzene rings is 1. The van der Waals surface area contributed by atoms with Crippen LogP contribution in [-0.4, -0.2) is 45.8 Å². The number of hydrogen-bond donors (Lipinski definition) is 1. The molecule has 0 radical (unpaired) electrons. The topological polar surface area (TPSA) is 33.7 Å². The lowest BCUT2D eigenvalue weighted by Gasteiger charge is -2.26. The predicted octanol–water partition coefficient (Wildman–Crippen LogP) is 2.70. The smallest absolute Gasteiger partial charge is 0.122 e. The van der Waals surface area contributed by atoms with E-state index in [1.807, 2.05) is 6.07 Å². The van der Waals surface area contributed by atoms with Gasteiger partial charge in [0.05, 0.1) is 14.2 Å². The van der Waals surface area contributed by atoms with Crippen molar-refractivity contribution >= 4 is 0 Å². The van der Waals surface area contributed by atoms with E-state index < -0.39 is 0 Å². The Balaban J connectivity index is 2.20. The molecule has 0 bridgehead atoms. The maximum Gasteiger partial charge on any atom is 0.122 e. The lowest BCUT2D eigenvalue weighted by Crippen LogP contribution is -2.29.